The monoisotopic (exact) mass is 254 g/mol. The number of aromatic nitrogens is 1. The Hall–Kier alpha value is -0.410. The SMILES string of the molecule is CCCNC(C)(c1nc(CC)c(C)s1)C(C)C. The molecular formula is C14H26N2S. The van der Waals surface area contributed by atoms with Gasteiger partial charge in [0.2, 0.25) is 0 Å². The highest BCUT2D eigenvalue weighted by Gasteiger charge is 2.33. The molecular weight excluding hydrogens is 228 g/mol. The first-order valence-electron chi connectivity index (χ1n) is 6.67. The van der Waals surface area contributed by atoms with E-state index in [1.807, 2.05) is 11.3 Å². The second kappa shape index (κ2) is 5.96. The Balaban J connectivity index is 3.04. The summed E-state index contributed by atoms with van der Waals surface area (Å²) in [5, 5.41) is 4.92. The maximum absolute atomic E-state index is 4.83. The molecule has 0 bridgehead atoms. The van der Waals surface area contributed by atoms with Crippen molar-refractivity contribution in [1.29, 1.82) is 0 Å². The molecule has 1 aromatic heterocycles. The molecule has 0 aromatic carbocycles. The van der Waals surface area contributed by atoms with Gasteiger partial charge in [0.15, 0.2) is 0 Å². The lowest BCUT2D eigenvalue weighted by Crippen LogP contribution is -2.44. The van der Waals surface area contributed by atoms with E-state index in [2.05, 4.69) is 46.9 Å². The first-order chi connectivity index (χ1) is 7.95. The number of aryl methyl sites for hydroxylation is 2. The standard InChI is InChI=1S/C14H26N2S/c1-7-9-15-14(6,10(3)4)13-16-12(8-2)11(5)17-13/h10,15H,7-9H2,1-6H3. The third-order valence-corrected chi connectivity index (χ3v) is 4.82. The highest BCUT2D eigenvalue weighted by atomic mass is 32.1. The van der Waals surface area contributed by atoms with Crippen molar-refractivity contribution >= 4 is 11.3 Å². The van der Waals surface area contributed by atoms with Crippen molar-refractivity contribution in [2.75, 3.05) is 6.54 Å². The summed E-state index contributed by atoms with van der Waals surface area (Å²) in [7, 11) is 0. The van der Waals surface area contributed by atoms with Gasteiger partial charge in [0, 0.05) is 4.88 Å². The summed E-state index contributed by atoms with van der Waals surface area (Å²) in [5.74, 6) is 0.546. The lowest BCUT2D eigenvalue weighted by atomic mass is 9.89. The zero-order valence-electron chi connectivity index (χ0n) is 12.1. The van der Waals surface area contributed by atoms with E-state index in [0.717, 1.165) is 19.4 Å². The summed E-state index contributed by atoms with van der Waals surface area (Å²) in [5.41, 5.74) is 1.27. The maximum Gasteiger partial charge on any atom is 0.113 e. The number of hydrogen-bond acceptors (Lipinski definition) is 3. The minimum Gasteiger partial charge on any atom is -0.305 e. The second-order valence-electron chi connectivity index (χ2n) is 5.16. The Labute approximate surface area is 110 Å². The Kier molecular flexibility index (Phi) is 5.14. The van der Waals surface area contributed by atoms with E-state index in [1.165, 1.54) is 15.6 Å². The van der Waals surface area contributed by atoms with Gasteiger partial charge in [-0.05, 0) is 39.2 Å². The Morgan fingerprint density at radius 1 is 1.35 bits per heavy atom. The summed E-state index contributed by atoms with van der Waals surface area (Å²) in [4.78, 5) is 6.20. The summed E-state index contributed by atoms with van der Waals surface area (Å²) in [6.45, 7) is 14.4. The smallest absolute Gasteiger partial charge is 0.113 e. The van der Waals surface area contributed by atoms with E-state index >= 15 is 0 Å². The van der Waals surface area contributed by atoms with Crippen molar-refractivity contribution in [3.8, 4) is 0 Å². The van der Waals surface area contributed by atoms with Crippen LogP contribution in [0.1, 0.15) is 56.6 Å². The lowest BCUT2D eigenvalue weighted by Gasteiger charge is -2.33. The van der Waals surface area contributed by atoms with Gasteiger partial charge in [-0.25, -0.2) is 4.98 Å². The van der Waals surface area contributed by atoms with Crippen LogP contribution in [0.3, 0.4) is 0 Å². The van der Waals surface area contributed by atoms with Crippen LogP contribution in [0.5, 0.6) is 0 Å². The number of thiazole rings is 1. The van der Waals surface area contributed by atoms with Gasteiger partial charge in [-0.15, -0.1) is 11.3 Å². The third kappa shape index (κ3) is 3.08. The van der Waals surface area contributed by atoms with Crippen molar-refractivity contribution in [3.05, 3.63) is 15.6 Å². The van der Waals surface area contributed by atoms with Crippen LogP contribution in [0.4, 0.5) is 0 Å². The van der Waals surface area contributed by atoms with Crippen molar-refractivity contribution in [1.82, 2.24) is 10.3 Å². The van der Waals surface area contributed by atoms with Gasteiger partial charge in [-0.3, -0.25) is 0 Å². The molecule has 1 N–H and O–H groups in total. The van der Waals surface area contributed by atoms with Crippen LogP contribution in [0.25, 0.3) is 0 Å². The van der Waals surface area contributed by atoms with Gasteiger partial charge in [0.05, 0.1) is 11.2 Å². The highest BCUT2D eigenvalue weighted by molar-refractivity contribution is 7.11. The van der Waals surface area contributed by atoms with Gasteiger partial charge >= 0.3 is 0 Å². The van der Waals surface area contributed by atoms with E-state index in [-0.39, 0.29) is 5.54 Å². The third-order valence-electron chi connectivity index (χ3n) is 3.57. The average Bonchev–Trinajstić information content (AvgIpc) is 2.67. The molecule has 2 nitrogen and oxygen atoms in total. The molecule has 1 atom stereocenters. The molecule has 0 saturated heterocycles. The average molecular weight is 254 g/mol. The molecule has 0 spiro atoms. The molecule has 3 heteroatoms. The summed E-state index contributed by atoms with van der Waals surface area (Å²) in [6.07, 6.45) is 2.19. The molecule has 0 aliphatic carbocycles. The Morgan fingerprint density at radius 3 is 2.41 bits per heavy atom. The van der Waals surface area contributed by atoms with Crippen molar-refractivity contribution in [2.45, 2.75) is 59.9 Å². The fourth-order valence-electron chi connectivity index (χ4n) is 1.89. The molecule has 0 aliphatic rings. The molecule has 98 valence electrons. The van der Waals surface area contributed by atoms with E-state index in [1.54, 1.807) is 0 Å². The highest BCUT2D eigenvalue weighted by Crippen LogP contribution is 2.33. The molecule has 1 heterocycles. The zero-order chi connectivity index (χ0) is 13.1. The van der Waals surface area contributed by atoms with E-state index < -0.39 is 0 Å². The van der Waals surface area contributed by atoms with Crippen LogP contribution in [-0.2, 0) is 12.0 Å². The number of nitrogens with one attached hydrogen (secondary N) is 1. The number of nitrogens with zero attached hydrogens (tertiary/aromatic N) is 1. The number of rotatable bonds is 6. The quantitative estimate of drug-likeness (QED) is 0.833. The van der Waals surface area contributed by atoms with Crippen molar-refractivity contribution in [2.24, 2.45) is 5.92 Å². The molecule has 1 rings (SSSR count). The summed E-state index contributed by atoms with van der Waals surface area (Å²) >= 11 is 1.85. The van der Waals surface area contributed by atoms with Crippen molar-refractivity contribution in [3.63, 3.8) is 0 Å². The largest absolute Gasteiger partial charge is 0.305 e. The first-order valence-corrected chi connectivity index (χ1v) is 7.49. The topological polar surface area (TPSA) is 24.9 Å². The molecule has 1 aromatic rings. The predicted octanol–water partition coefficient (Wildman–Crippen LogP) is 3.88. The van der Waals surface area contributed by atoms with E-state index in [0.29, 0.717) is 5.92 Å². The van der Waals surface area contributed by atoms with Gasteiger partial charge in [0.1, 0.15) is 5.01 Å². The van der Waals surface area contributed by atoms with Crippen LogP contribution in [0.2, 0.25) is 0 Å². The van der Waals surface area contributed by atoms with Gasteiger partial charge < -0.3 is 5.32 Å². The van der Waals surface area contributed by atoms with Crippen LogP contribution >= 0.6 is 11.3 Å². The van der Waals surface area contributed by atoms with Crippen molar-refractivity contribution < 1.29 is 0 Å². The molecule has 0 radical (unpaired) electrons. The van der Waals surface area contributed by atoms with Crippen LogP contribution in [0, 0.1) is 12.8 Å². The van der Waals surface area contributed by atoms with Crippen LogP contribution in [0.15, 0.2) is 0 Å². The fraction of sp³-hybridized carbons (Fsp3) is 0.786. The normalized spacial score (nSPS) is 15.2. The molecule has 0 aliphatic heterocycles. The molecule has 0 fully saturated rings. The van der Waals surface area contributed by atoms with E-state index in [4.69, 9.17) is 4.98 Å². The molecule has 0 amide bonds. The number of hydrogen-bond donors (Lipinski definition) is 1. The first kappa shape index (κ1) is 14.7. The fourth-order valence-corrected chi connectivity index (χ4v) is 3.16. The molecule has 0 saturated carbocycles. The Bertz CT molecular complexity index is 357. The predicted molar refractivity (Wildman–Crippen MR) is 76.7 cm³/mol. The Morgan fingerprint density at radius 2 is 2.00 bits per heavy atom. The summed E-state index contributed by atoms with van der Waals surface area (Å²) < 4.78 is 0. The van der Waals surface area contributed by atoms with Gasteiger partial charge in [0.25, 0.3) is 0 Å². The van der Waals surface area contributed by atoms with Gasteiger partial charge in [-0.1, -0.05) is 27.7 Å². The van der Waals surface area contributed by atoms with Gasteiger partial charge in [-0.2, -0.15) is 0 Å². The zero-order valence-corrected chi connectivity index (χ0v) is 12.9. The minimum absolute atomic E-state index is 0.0128. The molecule has 1 unspecified atom stereocenters. The summed E-state index contributed by atoms with van der Waals surface area (Å²) in [6, 6.07) is 0. The van der Waals surface area contributed by atoms with Crippen LogP contribution < -0.4 is 5.32 Å². The van der Waals surface area contributed by atoms with E-state index in [9.17, 15) is 0 Å². The second-order valence-corrected chi connectivity index (χ2v) is 6.36. The van der Waals surface area contributed by atoms with Crippen LogP contribution in [-0.4, -0.2) is 11.5 Å². The lowest BCUT2D eigenvalue weighted by molar-refractivity contribution is 0.265. The maximum atomic E-state index is 4.83. The minimum atomic E-state index is 0.0128. The molecule has 17 heavy (non-hydrogen) atoms.